The molecule has 4 saturated heterocycles. The zero-order chi connectivity index (χ0) is 15.6. The molecule has 4 aliphatic heterocycles. The van der Waals surface area contributed by atoms with Crippen molar-refractivity contribution in [1.29, 1.82) is 0 Å². The maximum atomic E-state index is 10.6. The van der Waals surface area contributed by atoms with Gasteiger partial charge in [0.2, 0.25) is 0 Å². The molecule has 4 rings (SSSR count). The Kier molecular flexibility index (Phi) is 3.61. The third-order valence-corrected chi connectivity index (χ3v) is 5.56. The van der Waals surface area contributed by atoms with Gasteiger partial charge in [-0.3, -0.25) is 9.80 Å². The molecule has 0 amide bonds. The number of piperidine rings is 2. The summed E-state index contributed by atoms with van der Waals surface area (Å²) < 4.78 is 0. The van der Waals surface area contributed by atoms with Crippen molar-refractivity contribution in [1.82, 2.24) is 9.80 Å². The molecule has 0 radical (unpaired) electrons. The summed E-state index contributed by atoms with van der Waals surface area (Å²) in [5, 5.41) is 49.5. The Morgan fingerprint density at radius 1 is 1.00 bits per heavy atom. The van der Waals surface area contributed by atoms with E-state index in [1.165, 1.54) is 0 Å². The lowest BCUT2D eigenvalue weighted by molar-refractivity contribution is -0.276. The molecule has 0 aliphatic carbocycles. The molecule has 0 aromatic heterocycles. The van der Waals surface area contributed by atoms with Crippen LogP contribution >= 0.6 is 0 Å². The van der Waals surface area contributed by atoms with E-state index in [1.54, 1.807) is 0 Å². The minimum atomic E-state index is -1.39. The van der Waals surface area contributed by atoms with E-state index in [-0.39, 0.29) is 23.1 Å². The second-order valence-electron chi connectivity index (χ2n) is 7.67. The van der Waals surface area contributed by atoms with E-state index < -0.39 is 24.9 Å². The number of hydrogen-bond donors (Lipinski definition) is 5. The molecule has 122 valence electrons. The third-order valence-electron chi connectivity index (χ3n) is 5.56. The van der Waals surface area contributed by atoms with Gasteiger partial charge in [-0.2, -0.15) is 0 Å². The molecule has 0 aromatic rings. The van der Waals surface area contributed by atoms with Crippen LogP contribution in [0.5, 0.6) is 0 Å². The summed E-state index contributed by atoms with van der Waals surface area (Å²) in [6.45, 7) is 6.15. The predicted molar refractivity (Wildman–Crippen MR) is 74.3 cm³/mol. The Bertz CT molecular complexity index is 382. The van der Waals surface area contributed by atoms with Crippen molar-refractivity contribution >= 4 is 0 Å². The molecule has 0 spiro atoms. The monoisotopic (exact) mass is 302 g/mol. The first kappa shape index (κ1) is 15.6. The van der Waals surface area contributed by atoms with Crippen LogP contribution in [-0.2, 0) is 0 Å². The molecule has 4 aliphatic rings. The maximum absolute atomic E-state index is 10.6. The van der Waals surface area contributed by atoms with Gasteiger partial charge in [-0.15, -0.1) is 0 Å². The highest BCUT2D eigenvalue weighted by Gasteiger charge is 2.63. The van der Waals surface area contributed by atoms with E-state index in [2.05, 4.69) is 23.6 Å². The molecule has 3 unspecified atom stereocenters. The molecule has 0 saturated carbocycles. The van der Waals surface area contributed by atoms with Gasteiger partial charge in [0.05, 0.1) is 18.9 Å². The second kappa shape index (κ2) is 4.86. The normalized spacial score (nSPS) is 52.7. The largest absolute Gasteiger partial charge is 0.394 e. The fourth-order valence-electron chi connectivity index (χ4n) is 4.80. The van der Waals surface area contributed by atoms with Crippen LogP contribution in [0.3, 0.4) is 0 Å². The smallest absolute Gasteiger partial charge is 0.111 e. The van der Waals surface area contributed by atoms with E-state index in [0.717, 1.165) is 0 Å². The molecule has 0 aromatic carbocycles. The Labute approximate surface area is 124 Å². The van der Waals surface area contributed by atoms with Crippen LogP contribution in [-0.4, -0.2) is 98.7 Å². The zero-order valence-corrected chi connectivity index (χ0v) is 12.6. The van der Waals surface area contributed by atoms with Crippen LogP contribution < -0.4 is 0 Å². The van der Waals surface area contributed by atoms with Crippen molar-refractivity contribution in [2.75, 3.05) is 32.8 Å². The van der Waals surface area contributed by atoms with Crippen molar-refractivity contribution < 1.29 is 25.5 Å². The van der Waals surface area contributed by atoms with E-state index in [4.69, 9.17) is 5.11 Å². The van der Waals surface area contributed by atoms with E-state index >= 15 is 0 Å². The second-order valence-corrected chi connectivity index (χ2v) is 7.67. The third kappa shape index (κ3) is 2.15. The highest BCUT2D eigenvalue weighted by molar-refractivity contribution is 5.14. The van der Waals surface area contributed by atoms with E-state index in [9.17, 15) is 20.4 Å². The minimum absolute atomic E-state index is 0.234. The highest BCUT2D eigenvalue weighted by atomic mass is 16.4. The standard InChI is InChI=1S/C14H26N2O5/c1-13-4-15-6-14(2,12(13)21)7-16(5-13)11(15)10(20)9(19)8(18)3-17/h8-12,17-21H,3-7H2,1-2H3. The van der Waals surface area contributed by atoms with Gasteiger partial charge in [-0.05, 0) is 0 Å². The molecule has 21 heavy (non-hydrogen) atoms. The van der Waals surface area contributed by atoms with Crippen LogP contribution in [0, 0.1) is 10.8 Å². The van der Waals surface area contributed by atoms with Crippen molar-refractivity contribution in [3.63, 3.8) is 0 Å². The van der Waals surface area contributed by atoms with Crippen LogP contribution in [0.2, 0.25) is 0 Å². The summed E-state index contributed by atoms with van der Waals surface area (Å²) >= 11 is 0. The van der Waals surface area contributed by atoms with E-state index in [1.807, 2.05) is 0 Å². The molecular weight excluding hydrogens is 276 g/mol. The quantitative estimate of drug-likeness (QED) is 0.388. The van der Waals surface area contributed by atoms with Crippen molar-refractivity contribution in [2.24, 2.45) is 10.8 Å². The predicted octanol–water partition coefficient (Wildman–Crippen LogP) is -2.59. The molecular formula is C14H26N2O5. The molecule has 4 heterocycles. The van der Waals surface area contributed by atoms with Gasteiger partial charge in [0, 0.05) is 37.0 Å². The molecule has 7 nitrogen and oxygen atoms in total. The molecule has 7 heteroatoms. The first-order valence-corrected chi connectivity index (χ1v) is 7.53. The number of nitrogens with zero attached hydrogens (tertiary/aromatic N) is 2. The maximum Gasteiger partial charge on any atom is 0.111 e. The SMILES string of the molecule is CC12CN3CC(C)(CN(C1)C3C(O)C(O)C(O)CO)C2O. The Morgan fingerprint density at radius 2 is 1.43 bits per heavy atom. The van der Waals surface area contributed by atoms with Gasteiger partial charge in [0.25, 0.3) is 0 Å². The number of rotatable bonds is 4. The fraction of sp³-hybridized carbons (Fsp3) is 1.00. The summed E-state index contributed by atoms with van der Waals surface area (Å²) in [5.74, 6) is 0. The van der Waals surface area contributed by atoms with Crippen molar-refractivity contribution in [3.05, 3.63) is 0 Å². The molecule has 3 atom stereocenters. The summed E-state index contributed by atoms with van der Waals surface area (Å²) in [6.07, 6.45) is -4.64. The van der Waals surface area contributed by atoms with Gasteiger partial charge in [0.15, 0.2) is 0 Å². The Balaban J connectivity index is 1.82. The van der Waals surface area contributed by atoms with Gasteiger partial charge in [0.1, 0.15) is 18.3 Å². The number of aliphatic hydroxyl groups excluding tert-OH is 5. The summed E-state index contributed by atoms with van der Waals surface area (Å²) in [6, 6.07) is 0. The highest BCUT2D eigenvalue weighted by Crippen LogP contribution is 2.51. The average Bonchev–Trinajstić information content (AvgIpc) is 2.41. The van der Waals surface area contributed by atoms with Crippen LogP contribution in [0.1, 0.15) is 13.8 Å². The molecule has 5 N–H and O–H groups in total. The summed E-state index contributed by atoms with van der Waals surface area (Å²) in [4.78, 5) is 4.16. The Hall–Kier alpha value is -0.280. The fourth-order valence-corrected chi connectivity index (χ4v) is 4.80. The Morgan fingerprint density at radius 3 is 1.81 bits per heavy atom. The van der Waals surface area contributed by atoms with Gasteiger partial charge in [-0.25, -0.2) is 0 Å². The van der Waals surface area contributed by atoms with Gasteiger partial charge in [-0.1, -0.05) is 13.8 Å². The molecule has 4 fully saturated rings. The van der Waals surface area contributed by atoms with Gasteiger partial charge < -0.3 is 25.5 Å². The lowest BCUT2D eigenvalue weighted by Gasteiger charge is -2.68. The van der Waals surface area contributed by atoms with E-state index in [0.29, 0.717) is 26.2 Å². The first-order valence-electron chi connectivity index (χ1n) is 7.53. The van der Waals surface area contributed by atoms with Crippen LogP contribution in [0.15, 0.2) is 0 Å². The number of aliphatic hydroxyl groups is 5. The first-order chi connectivity index (χ1) is 9.72. The van der Waals surface area contributed by atoms with Crippen LogP contribution in [0.25, 0.3) is 0 Å². The summed E-state index contributed by atoms with van der Waals surface area (Å²) in [7, 11) is 0. The van der Waals surface area contributed by atoms with Gasteiger partial charge >= 0.3 is 0 Å². The summed E-state index contributed by atoms with van der Waals surface area (Å²) in [5.41, 5.74) is -0.468. The molecule has 4 bridgehead atoms. The number of hydrogen-bond acceptors (Lipinski definition) is 7. The lowest BCUT2D eigenvalue weighted by Crippen LogP contribution is -2.81. The minimum Gasteiger partial charge on any atom is -0.394 e. The zero-order valence-electron chi connectivity index (χ0n) is 12.6. The van der Waals surface area contributed by atoms with Crippen molar-refractivity contribution in [2.45, 2.75) is 44.4 Å². The average molecular weight is 302 g/mol. The lowest BCUT2D eigenvalue weighted by atomic mass is 9.60. The topological polar surface area (TPSA) is 108 Å². The van der Waals surface area contributed by atoms with Crippen molar-refractivity contribution in [3.8, 4) is 0 Å². The van der Waals surface area contributed by atoms with Crippen LogP contribution in [0.4, 0.5) is 0 Å².